The monoisotopic (exact) mass is 273 g/mol. The zero-order valence-electron chi connectivity index (χ0n) is 7.72. The molecule has 1 aliphatic rings. The van der Waals surface area contributed by atoms with Gasteiger partial charge in [-0.3, -0.25) is 4.99 Å². The summed E-state index contributed by atoms with van der Waals surface area (Å²) in [5, 5.41) is 15.1. The normalized spacial score (nSPS) is 14.7. The van der Waals surface area contributed by atoms with E-state index in [-0.39, 0.29) is 11.4 Å². The van der Waals surface area contributed by atoms with Gasteiger partial charge in [0.2, 0.25) is 0 Å². The van der Waals surface area contributed by atoms with Crippen molar-refractivity contribution in [3.63, 3.8) is 0 Å². The summed E-state index contributed by atoms with van der Waals surface area (Å²) in [7, 11) is 0. The average molecular weight is 274 g/mol. The van der Waals surface area contributed by atoms with Gasteiger partial charge < -0.3 is 15.7 Å². The van der Waals surface area contributed by atoms with Crippen LogP contribution in [0, 0.1) is 5.82 Å². The lowest BCUT2D eigenvalue weighted by Gasteiger charge is -2.10. The zero-order valence-corrected chi connectivity index (χ0v) is 9.31. The predicted molar refractivity (Wildman–Crippen MR) is 59.7 cm³/mol. The van der Waals surface area contributed by atoms with E-state index in [1.54, 1.807) is 0 Å². The van der Waals surface area contributed by atoms with Gasteiger partial charge in [0, 0.05) is 6.54 Å². The van der Waals surface area contributed by atoms with Crippen LogP contribution in [0.25, 0.3) is 0 Å². The second kappa shape index (κ2) is 4.06. The van der Waals surface area contributed by atoms with Gasteiger partial charge in [-0.1, -0.05) is 0 Å². The van der Waals surface area contributed by atoms with Crippen LogP contribution >= 0.6 is 15.9 Å². The molecule has 2 rings (SSSR count). The highest BCUT2D eigenvalue weighted by atomic mass is 79.9. The summed E-state index contributed by atoms with van der Waals surface area (Å²) in [6.07, 6.45) is 0. The Morgan fingerprint density at radius 1 is 1.53 bits per heavy atom. The van der Waals surface area contributed by atoms with Crippen molar-refractivity contribution in [2.24, 2.45) is 4.99 Å². The van der Waals surface area contributed by atoms with Crippen molar-refractivity contribution < 1.29 is 9.50 Å². The van der Waals surface area contributed by atoms with Gasteiger partial charge in [-0.25, -0.2) is 4.39 Å². The van der Waals surface area contributed by atoms with E-state index in [0.717, 1.165) is 6.54 Å². The number of aromatic hydroxyl groups is 1. The summed E-state index contributed by atoms with van der Waals surface area (Å²) in [4.78, 5) is 4.07. The molecule has 0 amide bonds. The van der Waals surface area contributed by atoms with E-state index in [4.69, 9.17) is 0 Å². The lowest BCUT2D eigenvalue weighted by molar-refractivity contribution is 0.470. The fourth-order valence-corrected chi connectivity index (χ4v) is 1.68. The Morgan fingerprint density at radius 3 is 3.00 bits per heavy atom. The third-order valence-corrected chi connectivity index (χ3v) is 2.79. The van der Waals surface area contributed by atoms with E-state index in [9.17, 15) is 9.50 Å². The van der Waals surface area contributed by atoms with Gasteiger partial charge in [-0.05, 0) is 28.1 Å². The average Bonchev–Trinajstić information content (AvgIpc) is 2.71. The molecule has 0 aromatic heterocycles. The lowest BCUT2D eigenvalue weighted by Crippen LogP contribution is -2.26. The number of hydrogen-bond acceptors (Lipinski definition) is 4. The number of hydrogen-bond donors (Lipinski definition) is 3. The fraction of sp³-hybridized carbons (Fsp3) is 0.222. The number of phenols is 1. The van der Waals surface area contributed by atoms with Gasteiger partial charge in [-0.15, -0.1) is 0 Å². The fourth-order valence-electron chi connectivity index (χ4n) is 1.26. The topological polar surface area (TPSA) is 56.6 Å². The largest absolute Gasteiger partial charge is 0.507 e. The van der Waals surface area contributed by atoms with Crippen LogP contribution in [0.3, 0.4) is 0 Å². The molecule has 1 heterocycles. The first kappa shape index (κ1) is 10.2. The number of nitrogens with one attached hydrogen (secondary N) is 2. The number of halogens is 2. The quantitative estimate of drug-likeness (QED) is 0.730. The molecule has 1 aliphatic heterocycles. The molecule has 1 aromatic rings. The molecule has 0 radical (unpaired) electrons. The third-order valence-electron chi connectivity index (χ3n) is 1.99. The Bertz CT molecular complexity index is 422. The number of benzene rings is 1. The number of phenolic OH excluding ortho intramolecular Hbond substituents is 1. The summed E-state index contributed by atoms with van der Waals surface area (Å²) >= 11 is 3.10. The SMILES string of the molecule is Oc1ccc(F)c(NC2=NCCN2)c1Br. The van der Waals surface area contributed by atoms with E-state index in [2.05, 4.69) is 31.6 Å². The van der Waals surface area contributed by atoms with Crippen molar-refractivity contribution in [1.29, 1.82) is 0 Å². The van der Waals surface area contributed by atoms with Crippen molar-refractivity contribution in [3.8, 4) is 5.75 Å². The van der Waals surface area contributed by atoms with Crippen LogP contribution in [-0.2, 0) is 0 Å². The highest BCUT2D eigenvalue weighted by Gasteiger charge is 2.14. The molecule has 0 fully saturated rings. The first-order valence-corrected chi connectivity index (χ1v) is 5.20. The van der Waals surface area contributed by atoms with Crippen molar-refractivity contribution >= 4 is 27.6 Å². The first-order chi connectivity index (χ1) is 7.18. The van der Waals surface area contributed by atoms with Crippen LogP contribution in [0.15, 0.2) is 21.6 Å². The molecule has 15 heavy (non-hydrogen) atoms. The van der Waals surface area contributed by atoms with Gasteiger partial charge in [0.15, 0.2) is 5.96 Å². The van der Waals surface area contributed by atoms with E-state index < -0.39 is 5.82 Å². The predicted octanol–water partition coefficient (Wildman–Crippen LogP) is 1.66. The Labute approximate surface area is 94.3 Å². The molecule has 0 saturated carbocycles. The Morgan fingerprint density at radius 2 is 2.33 bits per heavy atom. The van der Waals surface area contributed by atoms with Crippen LogP contribution in [0.4, 0.5) is 10.1 Å². The van der Waals surface area contributed by atoms with Crippen LogP contribution in [0.5, 0.6) is 5.75 Å². The second-order valence-electron chi connectivity index (χ2n) is 3.04. The van der Waals surface area contributed by atoms with E-state index in [1.165, 1.54) is 12.1 Å². The summed E-state index contributed by atoms with van der Waals surface area (Å²) < 4.78 is 13.7. The Balaban J connectivity index is 2.30. The van der Waals surface area contributed by atoms with Gasteiger partial charge in [0.05, 0.1) is 16.7 Å². The highest BCUT2D eigenvalue weighted by Crippen LogP contribution is 2.33. The molecule has 0 spiro atoms. The molecule has 6 heteroatoms. The Kier molecular flexibility index (Phi) is 2.77. The molecule has 0 aliphatic carbocycles. The van der Waals surface area contributed by atoms with E-state index in [1.807, 2.05) is 0 Å². The van der Waals surface area contributed by atoms with Gasteiger partial charge in [0.25, 0.3) is 0 Å². The Hall–Kier alpha value is -1.30. The van der Waals surface area contributed by atoms with Crippen LogP contribution in [0.2, 0.25) is 0 Å². The third kappa shape index (κ3) is 2.04. The molecular formula is C9H9BrFN3O. The van der Waals surface area contributed by atoms with Crippen molar-refractivity contribution in [3.05, 3.63) is 22.4 Å². The molecule has 0 saturated heterocycles. The minimum atomic E-state index is -0.448. The smallest absolute Gasteiger partial charge is 0.196 e. The van der Waals surface area contributed by atoms with Crippen LogP contribution < -0.4 is 10.6 Å². The standard InChI is InChI=1S/C9H9BrFN3O/c10-7-6(15)2-1-5(11)8(7)14-9-12-3-4-13-9/h1-2,15H,3-4H2,(H2,12,13,14). The zero-order chi connectivity index (χ0) is 10.8. The maximum atomic E-state index is 13.4. The number of aliphatic imine (C=N–C) groups is 1. The maximum Gasteiger partial charge on any atom is 0.196 e. The van der Waals surface area contributed by atoms with Crippen molar-refractivity contribution in [2.75, 3.05) is 18.4 Å². The molecule has 3 N–H and O–H groups in total. The molecule has 1 aromatic carbocycles. The molecular weight excluding hydrogens is 265 g/mol. The van der Waals surface area contributed by atoms with Crippen LogP contribution in [-0.4, -0.2) is 24.2 Å². The summed E-state index contributed by atoms with van der Waals surface area (Å²) in [6.45, 7) is 1.40. The molecule has 80 valence electrons. The number of guanidine groups is 1. The number of nitrogens with zero attached hydrogens (tertiary/aromatic N) is 1. The summed E-state index contributed by atoms with van der Waals surface area (Å²) in [5.41, 5.74) is 0.183. The minimum absolute atomic E-state index is 0.0162. The number of anilines is 1. The molecule has 0 unspecified atom stereocenters. The van der Waals surface area contributed by atoms with Gasteiger partial charge >= 0.3 is 0 Å². The van der Waals surface area contributed by atoms with Crippen molar-refractivity contribution in [2.45, 2.75) is 0 Å². The van der Waals surface area contributed by atoms with Crippen molar-refractivity contribution in [1.82, 2.24) is 5.32 Å². The van der Waals surface area contributed by atoms with E-state index >= 15 is 0 Å². The molecule has 0 atom stereocenters. The highest BCUT2D eigenvalue weighted by molar-refractivity contribution is 9.10. The summed E-state index contributed by atoms with van der Waals surface area (Å²) in [5.74, 6) is 0.0498. The summed E-state index contributed by atoms with van der Waals surface area (Å²) in [6, 6.07) is 2.48. The first-order valence-electron chi connectivity index (χ1n) is 4.41. The molecule has 0 bridgehead atoms. The molecule has 4 nitrogen and oxygen atoms in total. The van der Waals surface area contributed by atoms with E-state index in [0.29, 0.717) is 17.0 Å². The maximum absolute atomic E-state index is 13.4. The minimum Gasteiger partial charge on any atom is -0.507 e. The van der Waals surface area contributed by atoms with Crippen LogP contribution in [0.1, 0.15) is 0 Å². The number of rotatable bonds is 1. The lowest BCUT2D eigenvalue weighted by atomic mass is 10.3. The van der Waals surface area contributed by atoms with Gasteiger partial charge in [-0.2, -0.15) is 0 Å². The second-order valence-corrected chi connectivity index (χ2v) is 3.83. The van der Waals surface area contributed by atoms with Gasteiger partial charge in [0.1, 0.15) is 11.6 Å².